The van der Waals surface area contributed by atoms with Crippen molar-refractivity contribution in [2.45, 2.75) is 45.6 Å². The second kappa shape index (κ2) is 7.25. The summed E-state index contributed by atoms with van der Waals surface area (Å²) in [4.78, 5) is 0. The monoisotopic (exact) mass is 267 g/mol. The lowest BCUT2D eigenvalue weighted by Crippen LogP contribution is -2.11. The van der Waals surface area contributed by atoms with E-state index in [1.807, 2.05) is 0 Å². The van der Waals surface area contributed by atoms with E-state index in [2.05, 4.69) is 62.4 Å². The summed E-state index contributed by atoms with van der Waals surface area (Å²) in [6.45, 7) is 4.40. The smallest absolute Gasteiger partial charge is 0.0551 e. The van der Waals surface area contributed by atoms with Gasteiger partial charge in [0, 0.05) is 0 Å². The lowest BCUT2D eigenvalue weighted by molar-refractivity contribution is 0.793. The van der Waals surface area contributed by atoms with Crippen LogP contribution in [0.25, 0.3) is 0 Å². The van der Waals surface area contributed by atoms with Gasteiger partial charge < -0.3 is 5.73 Å². The van der Waals surface area contributed by atoms with E-state index in [1.165, 1.54) is 35.1 Å². The molecule has 0 aliphatic rings. The van der Waals surface area contributed by atoms with Crippen molar-refractivity contribution in [1.82, 2.24) is 0 Å². The van der Waals surface area contributed by atoms with Crippen LogP contribution < -0.4 is 5.73 Å². The van der Waals surface area contributed by atoms with Crippen LogP contribution in [0.4, 0.5) is 0 Å². The minimum Gasteiger partial charge on any atom is -0.320 e. The average molecular weight is 267 g/mol. The van der Waals surface area contributed by atoms with Crippen LogP contribution >= 0.6 is 0 Å². The number of benzene rings is 2. The minimum atomic E-state index is -0.0267. The van der Waals surface area contributed by atoms with E-state index in [0.717, 1.165) is 12.8 Å². The Morgan fingerprint density at radius 3 is 1.75 bits per heavy atom. The Kier molecular flexibility index (Phi) is 5.37. The van der Waals surface area contributed by atoms with Gasteiger partial charge in [0.05, 0.1) is 6.04 Å². The largest absolute Gasteiger partial charge is 0.320 e. The van der Waals surface area contributed by atoms with E-state index in [0.29, 0.717) is 0 Å². The van der Waals surface area contributed by atoms with Gasteiger partial charge in [0.25, 0.3) is 0 Å². The Balaban J connectivity index is 2.09. The van der Waals surface area contributed by atoms with Crippen molar-refractivity contribution in [3.05, 3.63) is 70.8 Å². The maximum absolute atomic E-state index is 6.36. The van der Waals surface area contributed by atoms with Crippen molar-refractivity contribution >= 4 is 0 Å². The molecule has 0 saturated heterocycles. The van der Waals surface area contributed by atoms with Gasteiger partial charge in [-0.25, -0.2) is 0 Å². The highest BCUT2D eigenvalue weighted by molar-refractivity contribution is 5.34. The summed E-state index contributed by atoms with van der Waals surface area (Å²) < 4.78 is 0. The minimum absolute atomic E-state index is 0.0267. The molecule has 1 unspecified atom stereocenters. The number of hydrogen-bond donors (Lipinski definition) is 1. The molecule has 2 N–H and O–H groups in total. The molecular weight excluding hydrogens is 242 g/mol. The van der Waals surface area contributed by atoms with Crippen LogP contribution in [0, 0.1) is 0 Å². The van der Waals surface area contributed by atoms with Crippen molar-refractivity contribution in [2.75, 3.05) is 0 Å². The highest BCUT2D eigenvalue weighted by Gasteiger charge is 2.08. The van der Waals surface area contributed by atoms with E-state index in [9.17, 15) is 0 Å². The highest BCUT2D eigenvalue weighted by atomic mass is 14.6. The van der Waals surface area contributed by atoms with Gasteiger partial charge in [0.15, 0.2) is 0 Å². The zero-order valence-electron chi connectivity index (χ0n) is 12.6. The summed E-state index contributed by atoms with van der Waals surface area (Å²) in [7, 11) is 0. The van der Waals surface area contributed by atoms with Crippen molar-refractivity contribution in [1.29, 1.82) is 0 Å². The predicted molar refractivity (Wildman–Crippen MR) is 86.9 cm³/mol. The Morgan fingerprint density at radius 2 is 1.30 bits per heavy atom. The molecule has 2 rings (SSSR count). The summed E-state index contributed by atoms with van der Waals surface area (Å²) in [6.07, 6.45) is 4.73. The van der Waals surface area contributed by atoms with Gasteiger partial charge in [-0.2, -0.15) is 0 Å². The third kappa shape index (κ3) is 3.71. The number of unbranched alkanes of at least 4 members (excludes halogenated alkanes) is 1. The Hall–Kier alpha value is -1.60. The molecule has 0 aliphatic heterocycles. The quantitative estimate of drug-likeness (QED) is 0.810. The first-order valence-corrected chi connectivity index (χ1v) is 7.67. The molecule has 0 saturated carbocycles. The molecular formula is C19H25N. The molecule has 0 amide bonds. The Labute approximate surface area is 122 Å². The van der Waals surface area contributed by atoms with E-state index >= 15 is 0 Å². The van der Waals surface area contributed by atoms with E-state index in [-0.39, 0.29) is 6.04 Å². The van der Waals surface area contributed by atoms with Crippen LogP contribution in [0.2, 0.25) is 0 Å². The highest BCUT2D eigenvalue weighted by Crippen LogP contribution is 2.21. The van der Waals surface area contributed by atoms with Gasteiger partial charge in [-0.3, -0.25) is 0 Å². The maximum atomic E-state index is 6.36. The fourth-order valence-electron chi connectivity index (χ4n) is 2.43. The number of hydrogen-bond acceptors (Lipinski definition) is 1. The molecule has 0 heterocycles. The van der Waals surface area contributed by atoms with Crippen molar-refractivity contribution < 1.29 is 0 Å². The first-order chi connectivity index (χ1) is 9.74. The lowest BCUT2D eigenvalue weighted by atomic mass is 9.96. The molecule has 0 fully saturated rings. The van der Waals surface area contributed by atoms with Crippen molar-refractivity contribution in [3.8, 4) is 0 Å². The van der Waals surface area contributed by atoms with Crippen LogP contribution in [0.1, 0.15) is 55.0 Å². The SMILES string of the molecule is CCCCc1ccc(C(N)c2ccc(CC)cc2)cc1. The van der Waals surface area contributed by atoms with Gasteiger partial charge in [0.2, 0.25) is 0 Å². The molecule has 20 heavy (non-hydrogen) atoms. The molecule has 0 bridgehead atoms. The number of nitrogens with two attached hydrogens (primary N) is 1. The first kappa shape index (κ1) is 14.8. The third-order valence-electron chi connectivity index (χ3n) is 3.90. The molecule has 2 aromatic carbocycles. The molecule has 0 aliphatic carbocycles. The second-order valence-corrected chi connectivity index (χ2v) is 5.42. The van der Waals surface area contributed by atoms with Crippen LogP contribution in [-0.4, -0.2) is 0 Å². The lowest BCUT2D eigenvalue weighted by Gasteiger charge is -2.14. The van der Waals surface area contributed by atoms with Crippen LogP contribution in [0.15, 0.2) is 48.5 Å². The zero-order valence-corrected chi connectivity index (χ0v) is 12.6. The summed E-state index contributed by atoms with van der Waals surface area (Å²) in [5, 5.41) is 0. The Morgan fingerprint density at radius 1 is 0.800 bits per heavy atom. The Bertz CT molecular complexity index is 510. The van der Waals surface area contributed by atoms with Gasteiger partial charge in [0.1, 0.15) is 0 Å². The van der Waals surface area contributed by atoms with Crippen LogP contribution in [-0.2, 0) is 12.8 Å². The molecule has 0 radical (unpaired) electrons. The molecule has 1 atom stereocenters. The van der Waals surface area contributed by atoms with E-state index in [4.69, 9.17) is 5.73 Å². The second-order valence-electron chi connectivity index (χ2n) is 5.42. The van der Waals surface area contributed by atoms with Crippen molar-refractivity contribution in [3.63, 3.8) is 0 Å². The predicted octanol–water partition coefficient (Wildman–Crippen LogP) is 4.64. The molecule has 1 nitrogen and oxygen atoms in total. The van der Waals surface area contributed by atoms with E-state index < -0.39 is 0 Å². The average Bonchev–Trinajstić information content (AvgIpc) is 2.53. The summed E-state index contributed by atoms with van der Waals surface area (Å²) >= 11 is 0. The van der Waals surface area contributed by atoms with E-state index in [1.54, 1.807) is 0 Å². The van der Waals surface area contributed by atoms with Crippen molar-refractivity contribution in [2.24, 2.45) is 5.73 Å². The standard InChI is InChI=1S/C19H25N/c1-3-5-6-16-9-13-18(14-10-16)19(20)17-11-7-15(4-2)8-12-17/h7-14,19H,3-6,20H2,1-2H3. The van der Waals surface area contributed by atoms with Gasteiger partial charge >= 0.3 is 0 Å². The fraction of sp³-hybridized carbons (Fsp3) is 0.368. The van der Waals surface area contributed by atoms with Gasteiger partial charge in [-0.05, 0) is 41.5 Å². The summed E-state index contributed by atoms with van der Waals surface area (Å²) in [5.74, 6) is 0. The summed E-state index contributed by atoms with van der Waals surface area (Å²) in [6, 6.07) is 17.4. The zero-order chi connectivity index (χ0) is 14.4. The fourth-order valence-corrected chi connectivity index (χ4v) is 2.43. The normalized spacial score (nSPS) is 12.3. The topological polar surface area (TPSA) is 26.0 Å². The van der Waals surface area contributed by atoms with Crippen LogP contribution in [0.3, 0.4) is 0 Å². The number of rotatable bonds is 6. The summed E-state index contributed by atoms with van der Waals surface area (Å²) in [5.41, 5.74) is 11.5. The first-order valence-electron chi connectivity index (χ1n) is 7.67. The molecule has 106 valence electrons. The van der Waals surface area contributed by atoms with Crippen LogP contribution in [0.5, 0.6) is 0 Å². The van der Waals surface area contributed by atoms with Gasteiger partial charge in [-0.15, -0.1) is 0 Å². The maximum Gasteiger partial charge on any atom is 0.0551 e. The molecule has 0 aromatic heterocycles. The molecule has 1 heteroatoms. The molecule has 0 spiro atoms. The number of aryl methyl sites for hydroxylation is 2. The third-order valence-corrected chi connectivity index (χ3v) is 3.90. The van der Waals surface area contributed by atoms with Gasteiger partial charge in [-0.1, -0.05) is 68.8 Å². The molecule has 2 aromatic rings.